The van der Waals surface area contributed by atoms with Crippen LogP contribution in [0.5, 0.6) is 11.5 Å². The summed E-state index contributed by atoms with van der Waals surface area (Å²) in [6.07, 6.45) is -2.98. The van der Waals surface area contributed by atoms with Gasteiger partial charge in [0.1, 0.15) is 17.2 Å². The van der Waals surface area contributed by atoms with Crippen LogP contribution in [0.15, 0.2) is 96.6 Å². The van der Waals surface area contributed by atoms with Crippen LogP contribution in [0.3, 0.4) is 0 Å². The maximum atomic E-state index is 15.4. The van der Waals surface area contributed by atoms with Crippen molar-refractivity contribution in [2.75, 3.05) is 24.1 Å². The van der Waals surface area contributed by atoms with Gasteiger partial charge in [-0.25, -0.2) is 9.88 Å². The number of fused-ring (bicyclic) bond motifs is 4. The molecule has 55 heavy (non-hydrogen) atoms. The lowest BCUT2D eigenvalue weighted by atomic mass is 9.49. The summed E-state index contributed by atoms with van der Waals surface area (Å²) in [5, 5.41) is 12.3. The van der Waals surface area contributed by atoms with Crippen molar-refractivity contribution in [1.82, 2.24) is 9.99 Å². The third-order valence-electron chi connectivity index (χ3n) is 11.4. The van der Waals surface area contributed by atoms with E-state index in [1.165, 1.54) is 32.4 Å². The molecule has 1 N–H and O–H groups in total. The van der Waals surface area contributed by atoms with Crippen molar-refractivity contribution in [3.8, 4) is 11.5 Å². The Hall–Kier alpha value is -5.40. The summed E-state index contributed by atoms with van der Waals surface area (Å²) in [5.41, 5.74) is -1.00. The van der Waals surface area contributed by atoms with Crippen molar-refractivity contribution in [3.05, 3.63) is 123 Å². The Morgan fingerprint density at radius 1 is 0.909 bits per heavy atom. The van der Waals surface area contributed by atoms with E-state index in [0.29, 0.717) is 27.8 Å². The van der Waals surface area contributed by atoms with E-state index in [2.05, 4.69) is 4.98 Å². The van der Waals surface area contributed by atoms with Gasteiger partial charge in [-0.2, -0.15) is 18.2 Å². The fourth-order valence-corrected chi connectivity index (χ4v) is 9.63. The number of hydrogen-bond donors (Lipinski definition) is 1. The van der Waals surface area contributed by atoms with Crippen LogP contribution in [0.4, 0.5) is 24.7 Å². The minimum absolute atomic E-state index is 0.0282. The molecule has 1 saturated carbocycles. The van der Waals surface area contributed by atoms with Gasteiger partial charge in [-0.05, 0) is 60.7 Å². The zero-order chi connectivity index (χ0) is 39.1. The molecule has 282 valence electrons. The van der Waals surface area contributed by atoms with E-state index < -0.39 is 76.3 Å². The molecule has 8 rings (SSSR count). The lowest BCUT2D eigenvalue weighted by Crippen LogP contribution is -2.53. The Morgan fingerprint density at radius 3 is 2.35 bits per heavy atom. The van der Waals surface area contributed by atoms with Gasteiger partial charge in [-0.1, -0.05) is 77.3 Å². The van der Waals surface area contributed by atoms with Crippen LogP contribution in [0, 0.1) is 23.7 Å². The number of ether oxygens (including phenoxy) is 1. The Kier molecular flexibility index (Phi) is 8.73. The van der Waals surface area contributed by atoms with Gasteiger partial charge < -0.3 is 9.84 Å². The van der Waals surface area contributed by atoms with Crippen molar-refractivity contribution in [2.45, 2.75) is 30.4 Å². The molecule has 3 heterocycles. The van der Waals surface area contributed by atoms with Crippen LogP contribution < -0.4 is 14.6 Å². The monoisotopic (exact) mass is 790 g/mol. The summed E-state index contributed by atoms with van der Waals surface area (Å²) in [5.74, 6) is -7.62. The van der Waals surface area contributed by atoms with Gasteiger partial charge in [0, 0.05) is 29.6 Å². The van der Waals surface area contributed by atoms with E-state index >= 15 is 4.79 Å². The minimum Gasteiger partial charge on any atom is -0.508 e. The number of alkyl halides is 3. The molecule has 10 nitrogen and oxygen atoms in total. The molecule has 15 heteroatoms. The van der Waals surface area contributed by atoms with Crippen molar-refractivity contribution < 1.29 is 42.2 Å². The first-order valence-electron chi connectivity index (χ1n) is 17.3. The molecule has 1 aromatic heterocycles. The van der Waals surface area contributed by atoms with Crippen LogP contribution in [0.1, 0.15) is 35.6 Å². The number of carbonyl (C=O) groups excluding carboxylic acids is 4. The number of aromatic hydroxyl groups is 1. The Morgan fingerprint density at radius 2 is 1.65 bits per heavy atom. The maximum Gasteiger partial charge on any atom is 0.433 e. The number of pyridine rings is 1. The molecule has 3 fully saturated rings. The number of hydrazine groups is 1. The largest absolute Gasteiger partial charge is 0.508 e. The molecule has 2 saturated heterocycles. The number of aromatic nitrogens is 1. The zero-order valence-corrected chi connectivity index (χ0v) is 30.6. The first kappa shape index (κ1) is 36.6. The summed E-state index contributed by atoms with van der Waals surface area (Å²) in [7, 11) is 2.65. The average molecular weight is 792 g/mol. The summed E-state index contributed by atoms with van der Waals surface area (Å²) in [4.78, 5) is 63.9. The molecular weight excluding hydrogens is 760 g/mol. The zero-order valence-electron chi connectivity index (χ0n) is 29.1. The lowest BCUT2D eigenvalue weighted by Gasteiger charge is -2.50. The maximum absolute atomic E-state index is 15.4. The molecule has 4 aromatic rings. The third-order valence-corrected chi connectivity index (χ3v) is 11.9. The summed E-state index contributed by atoms with van der Waals surface area (Å²) >= 11 is 12.7. The number of rotatable bonds is 6. The summed E-state index contributed by atoms with van der Waals surface area (Å²) < 4.78 is 46.9. The van der Waals surface area contributed by atoms with Crippen LogP contribution in [0.25, 0.3) is 0 Å². The minimum atomic E-state index is -4.83. The van der Waals surface area contributed by atoms with Gasteiger partial charge in [0.05, 0.1) is 41.0 Å². The SMILES string of the molecule is COc1cc(O)ccc1[C@H]1C2=CC[C@@H]3C(=O)N(N(C)c4nc(C(F)(F)F)ccc4Cl)C(=O)[C@@H]3[C@@H]2C[C@H]2C(=O)N(c3cccc(Cl)c3)C(=O)[C@@]12c1ccccc1. The fraction of sp³-hybridized carbons (Fsp3) is 0.275. The standard InChI is InChI=1S/C40H31Cl2F3N4O6/c1-47(34-29(42)15-16-31(46-34)40(43,44)45)49-35(51)26-14-13-24-27(32(26)37(49)53)19-28-36(52)48(22-10-6-9-21(41)17-22)38(54)39(28,20-7-4-3-5-8-20)33(24)25-12-11-23(50)18-30(25)55-2/h3-13,15-18,26-28,32-33,50H,14,19H2,1-2H3/t26-,27+,28-,32-,33+,39+/m0/s1. The average Bonchev–Trinajstić information content (AvgIpc) is 3.55. The highest BCUT2D eigenvalue weighted by atomic mass is 35.5. The second-order valence-electron chi connectivity index (χ2n) is 14.0. The highest BCUT2D eigenvalue weighted by Gasteiger charge is 2.70. The molecule has 2 aliphatic heterocycles. The van der Waals surface area contributed by atoms with Crippen LogP contribution >= 0.6 is 23.2 Å². The Balaban J connectivity index is 1.31. The van der Waals surface area contributed by atoms with Crippen LogP contribution in [0.2, 0.25) is 10.0 Å². The molecule has 6 atom stereocenters. The number of nitrogens with zero attached hydrogens (tertiary/aromatic N) is 4. The smallest absolute Gasteiger partial charge is 0.433 e. The molecular formula is C40H31Cl2F3N4O6. The molecule has 0 unspecified atom stereocenters. The van der Waals surface area contributed by atoms with Crippen molar-refractivity contribution in [3.63, 3.8) is 0 Å². The van der Waals surface area contributed by atoms with Gasteiger partial charge >= 0.3 is 6.18 Å². The molecule has 2 aliphatic carbocycles. The van der Waals surface area contributed by atoms with Gasteiger partial charge in [0.15, 0.2) is 5.82 Å². The number of carbonyl (C=O) groups is 4. The first-order chi connectivity index (χ1) is 26.2. The Labute approximate surface area is 322 Å². The van der Waals surface area contributed by atoms with Gasteiger partial charge in [-0.15, -0.1) is 0 Å². The van der Waals surface area contributed by atoms with Crippen molar-refractivity contribution in [2.24, 2.45) is 23.7 Å². The van der Waals surface area contributed by atoms with E-state index in [-0.39, 0.29) is 35.1 Å². The summed E-state index contributed by atoms with van der Waals surface area (Å²) in [6, 6.07) is 21.4. The van der Waals surface area contributed by atoms with E-state index in [0.717, 1.165) is 21.0 Å². The Bertz CT molecular complexity index is 2320. The molecule has 0 radical (unpaired) electrons. The predicted molar refractivity (Wildman–Crippen MR) is 195 cm³/mol. The molecule has 4 aliphatic rings. The number of hydrogen-bond acceptors (Lipinski definition) is 8. The van der Waals surface area contributed by atoms with Crippen molar-refractivity contribution >= 4 is 58.3 Å². The van der Waals surface area contributed by atoms with E-state index in [9.17, 15) is 32.7 Å². The number of halogens is 5. The molecule has 0 bridgehead atoms. The number of methoxy groups -OCH3 is 1. The quantitative estimate of drug-likeness (QED) is 0.159. The van der Waals surface area contributed by atoms with Crippen molar-refractivity contribution in [1.29, 1.82) is 0 Å². The fourth-order valence-electron chi connectivity index (χ4n) is 9.22. The van der Waals surface area contributed by atoms with E-state index in [1.807, 2.05) is 6.08 Å². The summed E-state index contributed by atoms with van der Waals surface area (Å²) in [6.45, 7) is 0. The number of phenols is 1. The normalized spacial score (nSPS) is 26.1. The molecule has 3 aromatic carbocycles. The molecule has 4 amide bonds. The lowest BCUT2D eigenvalue weighted by molar-refractivity contribution is -0.141. The van der Waals surface area contributed by atoms with E-state index in [1.54, 1.807) is 54.6 Å². The number of imide groups is 2. The number of allylic oxidation sites excluding steroid dienone is 2. The number of amides is 4. The number of benzene rings is 3. The topological polar surface area (TPSA) is 120 Å². The van der Waals surface area contributed by atoms with Gasteiger partial charge in [0.25, 0.3) is 11.8 Å². The number of phenolic OH excluding ortho intramolecular Hbond substituents is 1. The molecule has 0 spiro atoms. The highest BCUT2D eigenvalue weighted by Crippen LogP contribution is 2.65. The van der Waals surface area contributed by atoms with Gasteiger partial charge in [0.2, 0.25) is 11.8 Å². The second kappa shape index (κ2) is 13.1. The third kappa shape index (κ3) is 5.42. The highest BCUT2D eigenvalue weighted by molar-refractivity contribution is 6.33. The van der Waals surface area contributed by atoms with Crippen LogP contribution in [-0.2, 0) is 30.8 Å². The van der Waals surface area contributed by atoms with Crippen LogP contribution in [-0.4, -0.2) is 52.9 Å². The first-order valence-corrected chi connectivity index (χ1v) is 18.1. The van der Waals surface area contributed by atoms with Gasteiger partial charge in [-0.3, -0.25) is 24.2 Å². The number of anilines is 2. The van der Waals surface area contributed by atoms with E-state index in [4.69, 9.17) is 27.9 Å². The second-order valence-corrected chi connectivity index (χ2v) is 14.9. The predicted octanol–water partition coefficient (Wildman–Crippen LogP) is 7.34.